The summed E-state index contributed by atoms with van der Waals surface area (Å²) in [6, 6.07) is 0. The molecule has 0 aromatic carbocycles. The Labute approximate surface area is 87.6 Å². The molecule has 0 spiro atoms. The van der Waals surface area contributed by atoms with E-state index in [1.165, 1.54) is 0 Å². The van der Waals surface area contributed by atoms with Crippen LogP contribution in [0.3, 0.4) is 0 Å². The molecule has 3 unspecified atom stereocenters. The van der Waals surface area contributed by atoms with Crippen LogP contribution < -0.4 is 0 Å². The Balaban J connectivity index is 3.02. The molecule has 0 aromatic rings. The van der Waals surface area contributed by atoms with Gasteiger partial charge < -0.3 is 4.79 Å². The van der Waals surface area contributed by atoms with Crippen LogP contribution in [-0.4, -0.2) is 6.29 Å². The Morgan fingerprint density at radius 2 is 2.00 bits per heavy atom. The molecule has 0 N–H and O–H groups in total. The minimum absolute atomic E-state index is 0.0996. The predicted molar refractivity (Wildman–Crippen MR) is 60.0 cm³/mol. The summed E-state index contributed by atoms with van der Waals surface area (Å²) in [5.41, 5.74) is 0.322. The maximum atomic E-state index is 11.0. The molecule has 0 aliphatic heterocycles. The van der Waals surface area contributed by atoms with Crippen molar-refractivity contribution in [2.45, 2.75) is 40.5 Å². The predicted octanol–water partition coefficient (Wildman–Crippen LogP) is 3.45. The standard InChI is InChI=1S/C13H22O/c1-6-10(2)13(5)8-7-11(9-14)12(13,3)4/h6,9-11H,1,7-8H2,2-5H3. The first-order chi connectivity index (χ1) is 6.40. The van der Waals surface area contributed by atoms with Crippen LogP contribution in [0.2, 0.25) is 0 Å². The second kappa shape index (κ2) is 3.52. The van der Waals surface area contributed by atoms with Crippen molar-refractivity contribution in [2.75, 3.05) is 0 Å². The van der Waals surface area contributed by atoms with Gasteiger partial charge in [0.15, 0.2) is 0 Å². The van der Waals surface area contributed by atoms with Crippen molar-refractivity contribution >= 4 is 6.29 Å². The van der Waals surface area contributed by atoms with Crippen molar-refractivity contribution in [1.29, 1.82) is 0 Å². The van der Waals surface area contributed by atoms with Crippen molar-refractivity contribution in [3.63, 3.8) is 0 Å². The Kier molecular flexibility index (Phi) is 2.89. The molecule has 1 rings (SSSR count). The molecule has 0 heterocycles. The minimum atomic E-state index is 0.0996. The van der Waals surface area contributed by atoms with E-state index in [0.29, 0.717) is 5.92 Å². The van der Waals surface area contributed by atoms with E-state index in [2.05, 4.69) is 34.3 Å². The second-order valence-electron chi connectivity index (χ2n) is 5.44. The molecule has 0 radical (unpaired) electrons. The van der Waals surface area contributed by atoms with Crippen LogP contribution in [0.25, 0.3) is 0 Å². The van der Waals surface area contributed by atoms with Gasteiger partial charge in [-0.1, -0.05) is 33.8 Å². The summed E-state index contributed by atoms with van der Waals surface area (Å²) in [7, 11) is 0. The summed E-state index contributed by atoms with van der Waals surface area (Å²) in [6.45, 7) is 12.8. The SMILES string of the molecule is C=CC(C)C1(C)CCC(C=O)C1(C)C. The number of carbonyl (C=O) groups is 1. The highest BCUT2D eigenvalue weighted by Crippen LogP contribution is 2.59. The average molecular weight is 194 g/mol. The Bertz CT molecular complexity index is 242. The average Bonchev–Trinajstić information content (AvgIpc) is 2.38. The molecule has 1 fully saturated rings. The molecule has 14 heavy (non-hydrogen) atoms. The maximum Gasteiger partial charge on any atom is 0.123 e. The molecule has 80 valence electrons. The molecular formula is C13H22O. The van der Waals surface area contributed by atoms with E-state index in [0.717, 1.165) is 19.1 Å². The van der Waals surface area contributed by atoms with Crippen LogP contribution in [0.15, 0.2) is 12.7 Å². The molecule has 1 saturated carbocycles. The number of rotatable bonds is 3. The molecule has 1 nitrogen and oxygen atoms in total. The van der Waals surface area contributed by atoms with Gasteiger partial charge in [-0.3, -0.25) is 0 Å². The van der Waals surface area contributed by atoms with E-state index in [9.17, 15) is 4.79 Å². The van der Waals surface area contributed by atoms with E-state index in [1.807, 2.05) is 6.08 Å². The van der Waals surface area contributed by atoms with E-state index in [4.69, 9.17) is 0 Å². The molecule has 1 aliphatic carbocycles. The zero-order valence-electron chi connectivity index (χ0n) is 9.84. The van der Waals surface area contributed by atoms with Crippen LogP contribution in [0.1, 0.15) is 40.5 Å². The molecule has 0 amide bonds. The van der Waals surface area contributed by atoms with Gasteiger partial charge in [0.2, 0.25) is 0 Å². The van der Waals surface area contributed by atoms with Crippen LogP contribution >= 0.6 is 0 Å². The fourth-order valence-electron chi connectivity index (χ4n) is 2.87. The lowest BCUT2D eigenvalue weighted by molar-refractivity contribution is -0.115. The van der Waals surface area contributed by atoms with Crippen molar-refractivity contribution < 1.29 is 4.79 Å². The first-order valence-corrected chi connectivity index (χ1v) is 5.48. The third-order valence-corrected chi connectivity index (χ3v) is 4.90. The zero-order valence-corrected chi connectivity index (χ0v) is 9.84. The van der Waals surface area contributed by atoms with Gasteiger partial charge in [0.1, 0.15) is 6.29 Å². The summed E-state index contributed by atoms with van der Waals surface area (Å²) >= 11 is 0. The number of hydrogen-bond acceptors (Lipinski definition) is 1. The third-order valence-electron chi connectivity index (χ3n) is 4.90. The molecule has 0 bridgehead atoms. The molecular weight excluding hydrogens is 172 g/mol. The normalized spacial score (nSPS) is 37.9. The Hall–Kier alpha value is -0.590. The van der Waals surface area contributed by atoms with E-state index in [-0.39, 0.29) is 16.7 Å². The van der Waals surface area contributed by atoms with Crippen molar-refractivity contribution in [1.82, 2.24) is 0 Å². The van der Waals surface area contributed by atoms with Gasteiger partial charge in [-0.25, -0.2) is 0 Å². The first kappa shape index (κ1) is 11.5. The number of carbonyl (C=O) groups excluding carboxylic acids is 1. The lowest BCUT2D eigenvalue weighted by Gasteiger charge is -2.44. The van der Waals surface area contributed by atoms with Gasteiger partial charge in [-0.2, -0.15) is 0 Å². The zero-order chi connectivity index (χ0) is 11.0. The van der Waals surface area contributed by atoms with Crippen LogP contribution in [0.4, 0.5) is 0 Å². The summed E-state index contributed by atoms with van der Waals surface area (Å²) in [4.78, 5) is 11.0. The van der Waals surface area contributed by atoms with E-state index < -0.39 is 0 Å². The third kappa shape index (κ3) is 1.34. The van der Waals surface area contributed by atoms with Gasteiger partial charge in [0.25, 0.3) is 0 Å². The maximum absolute atomic E-state index is 11.0. The smallest absolute Gasteiger partial charge is 0.123 e. The Morgan fingerprint density at radius 1 is 1.43 bits per heavy atom. The van der Waals surface area contributed by atoms with Gasteiger partial charge in [0, 0.05) is 5.92 Å². The van der Waals surface area contributed by atoms with Gasteiger partial charge in [0.05, 0.1) is 0 Å². The van der Waals surface area contributed by atoms with Gasteiger partial charge in [-0.15, -0.1) is 6.58 Å². The first-order valence-electron chi connectivity index (χ1n) is 5.48. The van der Waals surface area contributed by atoms with Crippen molar-refractivity contribution in [3.8, 4) is 0 Å². The van der Waals surface area contributed by atoms with E-state index >= 15 is 0 Å². The highest BCUT2D eigenvalue weighted by atomic mass is 16.1. The minimum Gasteiger partial charge on any atom is -0.303 e. The fourth-order valence-corrected chi connectivity index (χ4v) is 2.87. The van der Waals surface area contributed by atoms with E-state index in [1.54, 1.807) is 0 Å². The molecule has 0 saturated heterocycles. The number of allylic oxidation sites excluding steroid dienone is 1. The molecule has 3 atom stereocenters. The summed E-state index contributed by atoms with van der Waals surface area (Å²) in [5.74, 6) is 0.692. The quantitative estimate of drug-likeness (QED) is 0.497. The molecule has 0 aromatic heterocycles. The highest BCUT2D eigenvalue weighted by Gasteiger charge is 2.52. The summed E-state index contributed by atoms with van der Waals surface area (Å²) in [6.07, 6.45) is 5.33. The lowest BCUT2D eigenvalue weighted by Crippen LogP contribution is -2.38. The van der Waals surface area contributed by atoms with Gasteiger partial charge >= 0.3 is 0 Å². The highest BCUT2D eigenvalue weighted by molar-refractivity contribution is 5.56. The van der Waals surface area contributed by atoms with Crippen LogP contribution in [0, 0.1) is 22.7 Å². The van der Waals surface area contributed by atoms with Crippen molar-refractivity contribution in [2.24, 2.45) is 22.7 Å². The van der Waals surface area contributed by atoms with Gasteiger partial charge in [-0.05, 0) is 29.6 Å². The number of hydrogen-bond donors (Lipinski definition) is 0. The van der Waals surface area contributed by atoms with Crippen LogP contribution in [-0.2, 0) is 4.79 Å². The summed E-state index contributed by atoms with van der Waals surface area (Å²) < 4.78 is 0. The lowest BCUT2D eigenvalue weighted by atomic mass is 9.60. The molecule has 1 aliphatic rings. The largest absolute Gasteiger partial charge is 0.303 e. The monoisotopic (exact) mass is 194 g/mol. The Morgan fingerprint density at radius 3 is 2.36 bits per heavy atom. The van der Waals surface area contributed by atoms with Crippen molar-refractivity contribution in [3.05, 3.63) is 12.7 Å². The summed E-state index contributed by atoms with van der Waals surface area (Å²) in [5, 5.41) is 0. The molecule has 1 heteroatoms. The van der Waals surface area contributed by atoms with Crippen LogP contribution in [0.5, 0.6) is 0 Å². The second-order valence-corrected chi connectivity index (χ2v) is 5.44. The number of aldehydes is 1. The topological polar surface area (TPSA) is 17.1 Å². The fraction of sp³-hybridized carbons (Fsp3) is 0.769.